The molecular weight excluding hydrogens is 276 g/mol. The molecule has 0 spiro atoms. The van der Waals surface area contributed by atoms with Crippen molar-refractivity contribution < 1.29 is 18.7 Å². The highest BCUT2D eigenvalue weighted by atomic mass is 19.2. The Morgan fingerprint density at radius 1 is 1.48 bits per heavy atom. The van der Waals surface area contributed by atoms with Gasteiger partial charge in [0.1, 0.15) is 0 Å². The normalized spacial score (nSPS) is 19.8. The van der Waals surface area contributed by atoms with Crippen molar-refractivity contribution in [3.8, 4) is 0 Å². The summed E-state index contributed by atoms with van der Waals surface area (Å²) >= 11 is 0. The molecule has 3 nitrogen and oxygen atoms in total. The van der Waals surface area contributed by atoms with E-state index in [2.05, 4.69) is 0 Å². The molecule has 0 bridgehead atoms. The number of nitrogens with zero attached hydrogens (tertiary/aromatic N) is 1. The molecule has 0 saturated carbocycles. The van der Waals surface area contributed by atoms with Gasteiger partial charge in [-0.15, -0.1) is 0 Å². The lowest BCUT2D eigenvalue weighted by atomic mass is 10.1. The van der Waals surface area contributed by atoms with Gasteiger partial charge in [-0.25, -0.2) is 8.78 Å². The van der Waals surface area contributed by atoms with Crippen molar-refractivity contribution >= 4 is 5.91 Å². The SMILES string of the molecule is CC(O)CC1CCCN1C(=O)CCc1cccc(F)c1F. The maximum Gasteiger partial charge on any atom is 0.223 e. The minimum Gasteiger partial charge on any atom is -0.393 e. The van der Waals surface area contributed by atoms with E-state index in [9.17, 15) is 18.7 Å². The van der Waals surface area contributed by atoms with Crippen LogP contribution in [-0.2, 0) is 11.2 Å². The van der Waals surface area contributed by atoms with E-state index < -0.39 is 17.7 Å². The molecule has 1 aliphatic rings. The molecular formula is C16H21F2NO2. The maximum atomic E-state index is 13.5. The first-order valence-electron chi connectivity index (χ1n) is 7.39. The number of aryl methyl sites for hydroxylation is 1. The van der Waals surface area contributed by atoms with E-state index >= 15 is 0 Å². The standard InChI is InChI=1S/C16H21F2NO2/c1-11(20)10-13-5-3-9-19(13)15(21)8-7-12-4-2-6-14(17)16(12)18/h2,4,6,11,13,20H,3,5,7-10H2,1H3. The zero-order chi connectivity index (χ0) is 15.4. The van der Waals surface area contributed by atoms with Gasteiger partial charge in [0.2, 0.25) is 5.91 Å². The number of halogens is 2. The predicted molar refractivity (Wildman–Crippen MR) is 75.7 cm³/mol. The van der Waals surface area contributed by atoms with Crippen LogP contribution in [0.5, 0.6) is 0 Å². The molecule has 1 amide bonds. The van der Waals surface area contributed by atoms with Gasteiger partial charge in [-0.05, 0) is 44.2 Å². The summed E-state index contributed by atoms with van der Waals surface area (Å²) in [6, 6.07) is 4.09. The second-order valence-corrected chi connectivity index (χ2v) is 5.68. The third-order valence-corrected chi connectivity index (χ3v) is 3.95. The lowest BCUT2D eigenvalue weighted by Gasteiger charge is -2.25. The Hall–Kier alpha value is -1.49. The van der Waals surface area contributed by atoms with Crippen LogP contribution in [0.15, 0.2) is 18.2 Å². The van der Waals surface area contributed by atoms with Gasteiger partial charge >= 0.3 is 0 Å². The Morgan fingerprint density at radius 3 is 2.95 bits per heavy atom. The van der Waals surface area contributed by atoms with Crippen LogP contribution in [-0.4, -0.2) is 34.6 Å². The van der Waals surface area contributed by atoms with Crippen LogP contribution >= 0.6 is 0 Å². The van der Waals surface area contributed by atoms with Crippen LogP contribution in [0.3, 0.4) is 0 Å². The number of aliphatic hydroxyl groups excluding tert-OH is 1. The molecule has 1 N–H and O–H groups in total. The number of carbonyl (C=O) groups excluding carboxylic acids is 1. The molecule has 5 heteroatoms. The molecule has 1 saturated heterocycles. The summed E-state index contributed by atoms with van der Waals surface area (Å²) < 4.78 is 26.7. The molecule has 1 fully saturated rings. The van der Waals surface area contributed by atoms with Gasteiger partial charge < -0.3 is 10.0 Å². The minimum absolute atomic E-state index is 0.0539. The topological polar surface area (TPSA) is 40.5 Å². The quantitative estimate of drug-likeness (QED) is 0.907. The number of hydrogen-bond acceptors (Lipinski definition) is 2. The highest BCUT2D eigenvalue weighted by molar-refractivity contribution is 5.77. The summed E-state index contributed by atoms with van der Waals surface area (Å²) in [5, 5.41) is 9.46. The summed E-state index contributed by atoms with van der Waals surface area (Å²) in [7, 11) is 0. The molecule has 1 aromatic carbocycles. The van der Waals surface area contributed by atoms with Crippen molar-refractivity contribution in [2.24, 2.45) is 0 Å². The van der Waals surface area contributed by atoms with Crippen molar-refractivity contribution in [2.45, 2.75) is 51.2 Å². The first-order chi connectivity index (χ1) is 9.99. The summed E-state index contributed by atoms with van der Waals surface area (Å²) in [6.45, 7) is 2.39. The number of aliphatic hydroxyl groups is 1. The molecule has 1 heterocycles. The zero-order valence-electron chi connectivity index (χ0n) is 12.2. The van der Waals surface area contributed by atoms with Gasteiger partial charge in [-0.2, -0.15) is 0 Å². The molecule has 0 aromatic heterocycles. The smallest absolute Gasteiger partial charge is 0.223 e. The van der Waals surface area contributed by atoms with E-state index in [-0.39, 0.29) is 30.4 Å². The Balaban J connectivity index is 1.93. The first kappa shape index (κ1) is 15.9. The molecule has 21 heavy (non-hydrogen) atoms. The predicted octanol–water partition coefficient (Wildman–Crippen LogP) is 2.66. The molecule has 2 atom stereocenters. The van der Waals surface area contributed by atoms with Gasteiger partial charge in [0.25, 0.3) is 0 Å². The summed E-state index contributed by atoms with van der Waals surface area (Å²) in [4.78, 5) is 14.0. The van der Waals surface area contributed by atoms with Crippen LogP contribution in [0.2, 0.25) is 0 Å². The summed E-state index contributed by atoms with van der Waals surface area (Å²) in [5.41, 5.74) is 0.231. The van der Waals surface area contributed by atoms with Gasteiger partial charge in [0.15, 0.2) is 11.6 Å². The van der Waals surface area contributed by atoms with Crippen molar-refractivity contribution in [1.29, 1.82) is 0 Å². The Kier molecular flexibility index (Phi) is 5.28. The number of likely N-dealkylation sites (tertiary alicyclic amines) is 1. The number of benzene rings is 1. The van der Waals surface area contributed by atoms with E-state index in [1.165, 1.54) is 12.1 Å². The van der Waals surface area contributed by atoms with E-state index in [4.69, 9.17) is 0 Å². The molecule has 0 aliphatic carbocycles. The van der Waals surface area contributed by atoms with Crippen molar-refractivity contribution in [3.05, 3.63) is 35.4 Å². The number of carbonyl (C=O) groups is 1. The second-order valence-electron chi connectivity index (χ2n) is 5.68. The summed E-state index contributed by atoms with van der Waals surface area (Å²) in [6.07, 6.45) is 2.31. The average molecular weight is 297 g/mol. The van der Waals surface area contributed by atoms with E-state index in [0.29, 0.717) is 13.0 Å². The fraction of sp³-hybridized carbons (Fsp3) is 0.562. The minimum atomic E-state index is -0.881. The Bertz CT molecular complexity index is 505. The Labute approximate surface area is 123 Å². The van der Waals surface area contributed by atoms with Gasteiger partial charge in [-0.1, -0.05) is 12.1 Å². The maximum absolute atomic E-state index is 13.5. The first-order valence-corrected chi connectivity index (χ1v) is 7.39. The van der Waals surface area contributed by atoms with Crippen molar-refractivity contribution in [3.63, 3.8) is 0 Å². The number of rotatable bonds is 5. The van der Waals surface area contributed by atoms with Crippen LogP contribution in [0.1, 0.15) is 38.2 Å². The Morgan fingerprint density at radius 2 is 2.24 bits per heavy atom. The fourth-order valence-electron chi connectivity index (χ4n) is 2.93. The highest BCUT2D eigenvalue weighted by Crippen LogP contribution is 2.23. The van der Waals surface area contributed by atoms with E-state index in [1.807, 2.05) is 0 Å². The van der Waals surface area contributed by atoms with Gasteiger partial charge in [-0.3, -0.25) is 4.79 Å². The highest BCUT2D eigenvalue weighted by Gasteiger charge is 2.29. The largest absolute Gasteiger partial charge is 0.393 e. The number of amides is 1. The third-order valence-electron chi connectivity index (χ3n) is 3.95. The fourth-order valence-corrected chi connectivity index (χ4v) is 2.93. The molecule has 1 aliphatic heterocycles. The van der Waals surface area contributed by atoms with Gasteiger partial charge in [0, 0.05) is 19.0 Å². The lowest BCUT2D eigenvalue weighted by molar-refractivity contribution is -0.132. The molecule has 2 rings (SSSR count). The summed E-state index contributed by atoms with van der Waals surface area (Å²) in [5.74, 6) is -1.80. The van der Waals surface area contributed by atoms with Crippen LogP contribution < -0.4 is 0 Å². The molecule has 1 aromatic rings. The van der Waals surface area contributed by atoms with Crippen LogP contribution in [0, 0.1) is 11.6 Å². The third kappa shape index (κ3) is 4.00. The zero-order valence-corrected chi connectivity index (χ0v) is 12.2. The molecule has 0 radical (unpaired) electrons. The van der Waals surface area contributed by atoms with Crippen LogP contribution in [0.4, 0.5) is 8.78 Å². The monoisotopic (exact) mass is 297 g/mol. The molecule has 2 unspecified atom stereocenters. The number of hydrogen-bond donors (Lipinski definition) is 1. The average Bonchev–Trinajstić information content (AvgIpc) is 2.87. The van der Waals surface area contributed by atoms with Gasteiger partial charge in [0.05, 0.1) is 6.10 Å². The second kappa shape index (κ2) is 6.98. The molecule has 116 valence electrons. The van der Waals surface area contributed by atoms with E-state index in [0.717, 1.165) is 18.9 Å². The van der Waals surface area contributed by atoms with Crippen LogP contribution in [0.25, 0.3) is 0 Å². The lowest BCUT2D eigenvalue weighted by Crippen LogP contribution is -2.37. The van der Waals surface area contributed by atoms with Crippen molar-refractivity contribution in [2.75, 3.05) is 6.54 Å². The van der Waals surface area contributed by atoms with Crippen molar-refractivity contribution in [1.82, 2.24) is 4.90 Å². The van der Waals surface area contributed by atoms with E-state index in [1.54, 1.807) is 11.8 Å².